The Morgan fingerprint density at radius 3 is 2.61 bits per heavy atom. The quantitative estimate of drug-likeness (QED) is 0.565. The third-order valence-corrected chi connectivity index (χ3v) is 4.40. The van der Waals surface area contributed by atoms with Gasteiger partial charge in [0.15, 0.2) is 0 Å². The molecule has 0 aliphatic rings. The van der Waals surface area contributed by atoms with Gasteiger partial charge in [-0.2, -0.15) is 4.98 Å². The van der Waals surface area contributed by atoms with Gasteiger partial charge in [-0.05, 0) is 49.2 Å². The Hall–Kier alpha value is -2.99. The maximum atomic E-state index is 6.19. The van der Waals surface area contributed by atoms with Gasteiger partial charge in [0, 0.05) is 24.0 Å². The standard InChI is InChI=1S/C21H23ClN4O2/c1-14-11-20(25-16-7-8-19(28-3)18(22)13-16)26-21(24-14)23-10-9-15-5-4-6-17(12-15)27-2/h4-8,11-13H,9-10H2,1-3H3,(H2,23,24,25,26). The second-order valence-electron chi connectivity index (χ2n) is 6.22. The maximum Gasteiger partial charge on any atom is 0.224 e. The lowest BCUT2D eigenvalue weighted by Gasteiger charge is -2.11. The average Bonchev–Trinajstić information content (AvgIpc) is 2.68. The van der Waals surface area contributed by atoms with Crippen LogP contribution < -0.4 is 20.1 Å². The van der Waals surface area contributed by atoms with Crippen molar-refractivity contribution in [3.63, 3.8) is 0 Å². The molecule has 1 heterocycles. The number of hydrogen-bond donors (Lipinski definition) is 2. The molecule has 2 aromatic carbocycles. The summed E-state index contributed by atoms with van der Waals surface area (Å²) in [6.45, 7) is 2.64. The van der Waals surface area contributed by atoms with Crippen molar-refractivity contribution in [2.45, 2.75) is 13.3 Å². The lowest BCUT2D eigenvalue weighted by Crippen LogP contribution is -2.09. The molecule has 0 atom stereocenters. The van der Waals surface area contributed by atoms with Gasteiger partial charge in [0.2, 0.25) is 5.95 Å². The smallest absolute Gasteiger partial charge is 0.224 e. The minimum absolute atomic E-state index is 0.537. The molecule has 6 nitrogen and oxygen atoms in total. The zero-order chi connectivity index (χ0) is 19.9. The third-order valence-electron chi connectivity index (χ3n) is 4.11. The van der Waals surface area contributed by atoms with E-state index >= 15 is 0 Å². The van der Waals surface area contributed by atoms with Crippen LogP contribution in [0.4, 0.5) is 17.5 Å². The van der Waals surface area contributed by atoms with E-state index in [1.165, 1.54) is 5.56 Å². The van der Waals surface area contributed by atoms with Gasteiger partial charge in [-0.1, -0.05) is 23.7 Å². The van der Waals surface area contributed by atoms with Gasteiger partial charge >= 0.3 is 0 Å². The number of ether oxygens (including phenoxy) is 2. The molecule has 0 saturated carbocycles. The van der Waals surface area contributed by atoms with E-state index in [-0.39, 0.29) is 0 Å². The van der Waals surface area contributed by atoms with E-state index in [2.05, 4.69) is 26.7 Å². The first kappa shape index (κ1) is 19.8. The summed E-state index contributed by atoms with van der Waals surface area (Å²) in [5.74, 6) is 2.75. The summed E-state index contributed by atoms with van der Waals surface area (Å²) in [4.78, 5) is 8.99. The van der Waals surface area contributed by atoms with Crippen LogP contribution in [0.2, 0.25) is 5.02 Å². The summed E-state index contributed by atoms with van der Waals surface area (Å²) in [7, 11) is 3.26. The van der Waals surface area contributed by atoms with Gasteiger partial charge in [-0.25, -0.2) is 4.98 Å². The van der Waals surface area contributed by atoms with E-state index in [1.54, 1.807) is 20.3 Å². The van der Waals surface area contributed by atoms with Gasteiger partial charge in [0.25, 0.3) is 0 Å². The van der Waals surface area contributed by atoms with Crippen LogP contribution in [0.5, 0.6) is 11.5 Å². The second kappa shape index (κ2) is 9.28. The van der Waals surface area contributed by atoms with Crippen LogP contribution in [0.1, 0.15) is 11.3 Å². The van der Waals surface area contributed by atoms with Crippen LogP contribution in [-0.4, -0.2) is 30.7 Å². The Kier molecular flexibility index (Phi) is 6.55. The first-order valence-electron chi connectivity index (χ1n) is 8.90. The number of rotatable bonds is 8. The number of nitrogens with one attached hydrogen (secondary N) is 2. The molecule has 3 rings (SSSR count). The first-order valence-corrected chi connectivity index (χ1v) is 9.28. The third kappa shape index (κ3) is 5.27. The summed E-state index contributed by atoms with van der Waals surface area (Å²) in [5, 5.41) is 7.07. The lowest BCUT2D eigenvalue weighted by atomic mass is 10.1. The van der Waals surface area contributed by atoms with Gasteiger partial charge in [0.05, 0.1) is 19.2 Å². The summed E-state index contributed by atoms with van der Waals surface area (Å²) >= 11 is 6.19. The van der Waals surface area contributed by atoms with Crippen LogP contribution in [0.3, 0.4) is 0 Å². The highest BCUT2D eigenvalue weighted by Gasteiger charge is 2.06. The number of anilines is 3. The van der Waals surface area contributed by atoms with Crippen LogP contribution in [-0.2, 0) is 6.42 Å². The van der Waals surface area contributed by atoms with Crippen molar-refractivity contribution in [3.05, 3.63) is 64.8 Å². The number of hydrogen-bond acceptors (Lipinski definition) is 6. The summed E-state index contributed by atoms with van der Waals surface area (Å²) in [6, 6.07) is 15.4. The Labute approximate surface area is 169 Å². The number of halogens is 1. The van der Waals surface area contributed by atoms with E-state index in [0.29, 0.717) is 29.1 Å². The van der Waals surface area contributed by atoms with E-state index < -0.39 is 0 Å². The van der Waals surface area contributed by atoms with Crippen molar-refractivity contribution >= 4 is 29.1 Å². The zero-order valence-corrected chi connectivity index (χ0v) is 16.9. The minimum atomic E-state index is 0.537. The van der Waals surface area contributed by atoms with Crippen LogP contribution in [0.25, 0.3) is 0 Å². The molecule has 146 valence electrons. The molecule has 7 heteroatoms. The molecule has 0 aliphatic heterocycles. The zero-order valence-electron chi connectivity index (χ0n) is 16.1. The molecule has 28 heavy (non-hydrogen) atoms. The fourth-order valence-corrected chi connectivity index (χ4v) is 3.01. The fourth-order valence-electron chi connectivity index (χ4n) is 2.75. The molecule has 0 amide bonds. The molecule has 1 aromatic heterocycles. The first-order chi connectivity index (χ1) is 13.6. The van der Waals surface area contributed by atoms with Crippen molar-refractivity contribution in [1.82, 2.24) is 9.97 Å². The van der Waals surface area contributed by atoms with Gasteiger partial charge in [-0.3, -0.25) is 0 Å². The highest BCUT2D eigenvalue weighted by atomic mass is 35.5. The Bertz CT molecular complexity index is 949. The summed E-state index contributed by atoms with van der Waals surface area (Å²) in [6.07, 6.45) is 0.839. The largest absolute Gasteiger partial charge is 0.497 e. The van der Waals surface area contributed by atoms with Crippen molar-refractivity contribution in [2.75, 3.05) is 31.4 Å². The highest BCUT2D eigenvalue weighted by molar-refractivity contribution is 6.32. The second-order valence-corrected chi connectivity index (χ2v) is 6.63. The molecular formula is C21H23ClN4O2. The lowest BCUT2D eigenvalue weighted by molar-refractivity contribution is 0.414. The number of benzene rings is 2. The molecule has 0 bridgehead atoms. The molecule has 0 fully saturated rings. The number of aryl methyl sites for hydroxylation is 1. The molecule has 0 unspecified atom stereocenters. The minimum Gasteiger partial charge on any atom is -0.497 e. The van der Waals surface area contributed by atoms with Crippen molar-refractivity contribution in [2.24, 2.45) is 0 Å². The van der Waals surface area contributed by atoms with E-state index in [0.717, 1.165) is 23.6 Å². The maximum absolute atomic E-state index is 6.19. The topological polar surface area (TPSA) is 68.3 Å². The molecule has 0 aliphatic carbocycles. The SMILES string of the molecule is COc1cccc(CCNc2nc(C)cc(Nc3ccc(OC)c(Cl)c3)n2)c1. The van der Waals surface area contributed by atoms with Gasteiger partial charge in [0.1, 0.15) is 17.3 Å². The normalized spacial score (nSPS) is 10.4. The Morgan fingerprint density at radius 1 is 1.00 bits per heavy atom. The van der Waals surface area contributed by atoms with Crippen molar-refractivity contribution < 1.29 is 9.47 Å². The Morgan fingerprint density at radius 2 is 1.86 bits per heavy atom. The van der Waals surface area contributed by atoms with Crippen molar-refractivity contribution in [1.29, 1.82) is 0 Å². The molecule has 0 saturated heterocycles. The summed E-state index contributed by atoms with van der Waals surface area (Å²) < 4.78 is 10.4. The number of methoxy groups -OCH3 is 2. The molecule has 0 spiro atoms. The number of aromatic nitrogens is 2. The monoisotopic (exact) mass is 398 g/mol. The van der Waals surface area contributed by atoms with Crippen LogP contribution in [0, 0.1) is 6.92 Å². The van der Waals surface area contributed by atoms with E-state index in [4.69, 9.17) is 21.1 Å². The molecular weight excluding hydrogens is 376 g/mol. The predicted molar refractivity (Wildman–Crippen MR) is 113 cm³/mol. The molecule has 2 N–H and O–H groups in total. The van der Waals surface area contributed by atoms with Crippen molar-refractivity contribution in [3.8, 4) is 11.5 Å². The predicted octanol–water partition coefficient (Wildman–Crippen LogP) is 4.85. The average molecular weight is 399 g/mol. The Balaban J connectivity index is 1.65. The number of nitrogens with zero attached hydrogens (tertiary/aromatic N) is 2. The van der Waals surface area contributed by atoms with Gasteiger partial charge in [-0.15, -0.1) is 0 Å². The van der Waals surface area contributed by atoms with Crippen LogP contribution in [0.15, 0.2) is 48.5 Å². The fraction of sp³-hybridized carbons (Fsp3) is 0.238. The van der Waals surface area contributed by atoms with E-state index in [1.807, 2.05) is 43.3 Å². The van der Waals surface area contributed by atoms with E-state index in [9.17, 15) is 0 Å². The molecule has 3 aromatic rings. The van der Waals surface area contributed by atoms with Gasteiger partial charge < -0.3 is 20.1 Å². The molecule has 0 radical (unpaired) electrons. The highest BCUT2D eigenvalue weighted by Crippen LogP contribution is 2.28. The summed E-state index contributed by atoms with van der Waals surface area (Å²) in [5.41, 5.74) is 2.87. The van der Waals surface area contributed by atoms with Crippen LogP contribution >= 0.6 is 11.6 Å².